The number of halogens is 2. The second-order valence-electron chi connectivity index (χ2n) is 8.24. The van der Waals surface area contributed by atoms with Gasteiger partial charge in [-0.3, -0.25) is 4.79 Å². The first-order valence-corrected chi connectivity index (χ1v) is 11.3. The molecule has 1 atom stereocenters. The molecule has 1 aliphatic carbocycles. The topological polar surface area (TPSA) is 102 Å². The van der Waals surface area contributed by atoms with Gasteiger partial charge >= 0.3 is 6.01 Å². The summed E-state index contributed by atoms with van der Waals surface area (Å²) in [6.07, 6.45) is 6.76. The van der Waals surface area contributed by atoms with Crippen molar-refractivity contribution in [2.24, 2.45) is 5.92 Å². The quantitative estimate of drug-likeness (QED) is 0.480. The maximum atomic E-state index is 15.0. The van der Waals surface area contributed by atoms with Gasteiger partial charge in [0.2, 0.25) is 5.91 Å². The van der Waals surface area contributed by atoms with Gasteiger partial charge in [-0.15, -0.1) is 0 Å². The number of rotatable bonds is 8. The van der Waals surface area contributed by atoms with Crippen LogP contribution >= 0.6 is 11.6 Å². The summed E-state index contributed by atoms with van der Waals surface area (Å²) in [6.45, 7) is 5.03. The Bertz CT molecular complexity index is 1250. The molecule has 2 fully saturated rings. The number of anilines is 2. The highest BCUT2D eigenvalue weighted by atomic mass is 35.5. The number of carbonyl (C=O) groups is 1. The summed E-state index contributed by atoms with van der Waals surface area (Å²) in [6, 6.07) is 3.28. The van der Waals surface area contributed by atoms with Crippen LogP contribution in [0.15, 0.2) is 37.3 Å². The lowest BCUT2D eigenvalue weighted by Crippen LogP contribution is -2.29. The van der Waals surface area contributed by atoms with Crippen molar-refractivity contribution in [3.63, 3.8) is 0 Å². The summed E-state index contributed by atoms with van der Waals surface area (Å²) in [5.41, 5.74) is 0.934. The van der Waals surface area contributed by atoms with E-state index >= 15 is 0 Å². The molecule has 0 unspecified atom stereocenters. The number of fused-ring (bicyclic) bond motifs is 1. The van der Waals surface area contributed by atoms with Crippen LogP contribution in [0.3, 0.4) is 0 Å². The Morgan fingerprint density at radius 3 is 2.94 bits per heavy atom. The monoisotopic (exact) mass is 484 g/mol. The van der Waals surface area contributed by atoms with Gasteiger partial charge in [0.25, 0.3) is 0 Å². The Morgan fingerprint density at radius 1 is 1.29 bits per heavy atom. The number of likely N-dealkylation sites (tertiary alicyclic amines) is 1. The van der Waals surface area contributed by atoms with Gasteiger partial charge in [-0.2, -0.15) is 4.98 Å². The molecule has 34 heavy (non-hydrogen) atoms. The maximum absolute atomic E-state index is 15.0. The van der Waals surface area contributed by atoms with Crippen LogP contribution < -0.4 is 14.8 Å². The minimum absolute atomic E-state index is 0.0949. The average Bonchev–Trinajstić information content (AvgIpc) is 3.57. The van der Waals surface area contributed by atoms with E-state index in [1.807, 2.05) is 0 Å². The Balaban J connectivity index is 1.35. The third kappa shape index (κ3) is 4.72. The van der Waals surface area contributed by atoms with Crippen LogP contribution in [-0.2, 0) is 4.79 Å². The number of benzene rings is 1. The molecule has 1 aromatic carbocycles. The maximum Gasteiger partial charge on any atom is 0.317 e. The van der Waals surface area contributed by atoms with Gasteiger partial charge in [-0.25, -0.2) is 19.3 Å². The molecule has 5 rings (SSSR count). The summed E-state index contributed by atoms with van der Waals surface area (Å²) >= 11 is 6.20. The van der Waals surface area contributed by atoms with Gasteiger partial charge in [-0.05, 0) is 37.0 Å². The summed E-state index contributed by atoms with van der Waals surface area (Å²) in [7, 11) is 0. The molecule has 1 aliphatic heterocycles. The number of nitrogens with zero attached hydrogens (tertiary/aromatic N) is 5. The highest BCUT2D eigenvalue weighted by molar-refractivity contribution is 6.32. The van der Waals surface area contributed by atoms with Crippen molar-refractivity contribution < 1.29 is 18.7 Å². The fraction of sp³-hybridized carbons (Fsp3) is 0.348. The van der Waals surface area contributed by atoms with Crippen LogP contribution in [0.5, 0.6) is 11.8 Å². The summed E-state index contributed by atoms with van der Waals surface area (Å²) in [5, 5.41) is 2.84. The number of nitrogens with one attached hydrogen (secondary N) is 1. The third-order valence-corrected chi connectivity index (χ3v) is 6.08. The largest absolute Gasteiger partial charge is 0.492 e. The standard InChI is InChI=1S/C23H22ClFN6O3/c1-2-18(32)31-8-7-14(10-31)34-23-26-9-16-21(30-23)22(28-12-27-16)29-15-5-6-17(19(24)20(15)25)33-11-13-3-4-13/h2,5-6,9,12-14H,1,3-4,7-8,10-11H2,(H,27,28,29)/t14-/m0/s1. The first kappa shape index (κ1) is 22.3. The molecular weight excluding hydrogens is 463 g/mol. The molecule has 1 N–H and O–H groups in total. The summed E-state index contributed by atoms with van der Waals surface area (Å²) in [4.78, 5) is 30.5. The molecule has 11 heteroatoms. The molecule has 3 aromatic rings. The lowest BCUT2D eigenvalue weighted by atomic mass is 10.2. The fourth-order valence-electron chi connectivity index (χ4n) is 3.65. The van der Waals surface area contributed by atoms with Crippen molar-refractivity contribution in [3.8, 4) is 11.8 Å². The molecule has 2 aliphatic rings. The normalized spacial score (nSPS) is 17.6. The van der Waals surface area contributed by atoms with Crippen LogP contribution in [0.1, 0.15) is 19.3 Å². The molecule has 2 aromatic heterocycles. The van der Waals surface area contributed by atoms with E-state index in [4.69, 9.17) is 21.1 Å². The van der Waals surface area contributed by atoms with Crippen molar-refractivity contribution in [1.29, 1.82) is 0 Å². The predicted molar refractivity (Wildman–Crippen MR) is 124 cm³/mol. The Labute approximate surface area is 200 Å². The van der Waals surface area contributed by atoms with Crippen LogP contribution in [0.2, 0.25) is 5.02 Å². The van der Waals surface area contributed by atoms with Gasteiger partial charge in [0, 0.05) is 13.0 Å². The zero-order valence-electron chi connectivity index (χ0n) is 18.2. The number of ether oxygens (including phenoxy) is 2. The van der Waals surface area contributed by atoms with E-state index in [2.05, 4.69) is 31.8 Å². The number of hydrogen-bond acceptors (Lipinski definition) is 8. The SMILES string of the molecule is C=CC(=O)N1CC[C@H](Oc2ncc3ncnc(Nc4ccc(OCC5CC5)c(Cl)c4F)c3n2)C1. The molecular formula is C23H22ClFN6O3. The van der Waals surface area contributed by atoms with Gasteiger partial charge in [0.05, 0.1) is 25.0 Å². The zero-order valence-corrected chi connectivity index (χ0v) is 19.0. The molecule has 0 bridgehead atoms. The number of hydrogen-bond donors (Lipinski definition) is 1. The van der Waals surface area contributed by atoms with Crippen LogP contribution in [0.4, 0.5) is 15.9 Å². The summed E-state index contributed by atoms with van der Waals surface area (Å²) in [5.74, 6) is 0.312. The zero-order chi connectivity index (χ0) is 23.7. The van der Waals surface area contributed by atoms with E-state index in [1.54, 1.807) is 17.0 Å². The Kier molecular flexibility index (Phi) is 6.14. The molecule has 176 valence electrons. The van der Waals surface area contributed by atoms with Gasteiger partial charge in [-0.1, -0.05) is 18.2 Å². The number of amides is 1. The van der Waals surface area contributed by atoms with Crippen molar-refractivity contribution in [1.82, 2.24) is 24.8 Å². The van der Waals surface area contributed by atoms with E-state index in [0.29, 0.717) is 48.8 Å². The van der Waals surface area contributed by atoms with Crippen molar-refractivity contribution in [2.75, 3.05) is 25.0 Å². The van der Waals surface area contributed by atoms with Crippen molar-refractivity contribution >= 4 is 40.0 Å². The van der Waals surface area contributed by atoms with Crippen molar-refractivity contribution in [3.05, 3.63) is 48.2 Å². The smallest absolute Gasteiger partial charge is 0.317 e. The van der Waals surface area contributed by atoms with Crippen LogP contribution in [-0.4, -0.2) is 56.5 Å². The summed E-state index contributed by atoms with van der Waals surface area (Å²) < 4.78 is 26.5. The van der Waals surface area contributed by atoms with Gasteiger partial charge < -0.3 is 19.7 Å². The highest BCUT2D eigenvalue weighted by Gasteiger charge is 2.27. The Hall–Kier alpha value is -3.53. The lowest BCUT2D eigenvalue weighted by Gasteiger charge is -2.15. The molecule has 1 saturated heterocycles. The van der Waals surface area contributed by atoms with E-state index in [0.717, 1.165) is 12.8 Å². The molecule has 1 amide bonds. The van der Waals surface area contributed by atoms with E-state index in [-0.39, 0.29) is 34.5 Å². The number of aromatic nitrogens is 4. The van der Waals surface area contributed by atoms with E-state index < -0.39 is 5.82 Å². The second kappa shape index (κ2) is 9.38. The minimum atomic E-state index is -0.648. The predicted octanol–water partition coefficient (Wildman–Crippen LogP) is 3.91. The first-order chi connectivity index (χ1) is 16.5. The fourth-order valence-corrected chi connectivity index (χ4v) is 3.87. The van der Waals surface area contributed by atoms with Crippen LogP contribution in [0, 0.1) is 11.7 Å². The third-order valence-electron chi connectivity index (χ3n) is 5.73. The molecule has 0 radical (unpaired) electrons. The highest BCUT2D eigenvalue weighted by Crippen LogP contribution is 2.36. The molecule has 1 saturated carbocycles. The van der Waals surface area contributed by atoms with E-state index in [1.165, 1.54) is 18.6 Å². The van der Waals surface area contributed by atoms with Crippen LogP contribution in [0.25, 0.3) is 11.0 Å². The first-order valence-electron chi connectivity index (χ1n) is 11.0. The minimum Gasteiger partial charge on any atom is -0.492 e. The van der Waals surface area contributed by atoms with E-state index in [9.17, 15) is 9.18 Å². The molecule has 3 heterocycles. The van der Waals surface area contributed by atoms with Gasteiger partial charge in [0.1, 0.15) is 34.2 Å². The Morgan fingerprint density at radius 2 is 2.15 bits per heavy atom. The molecule has 0 spiro atoms. The van der Waals surface area contributed by atoms with Crippen molar-refractivity contribution in [2.45, 2.75) is 25.4 Å². The average molecular weight is 485 g/mol. The van der Waals surface area contributed by atoms with Gasteiger partial charge in [0.15, 0.2) is 11.6 Å². The number of carbonyl (C=O) groups excluding carboxylic acids is 1. The lowest BCUT2D eigenvalue weighted by molar-refractivity contribution is -0.125. The second-order valence-corrected chi connectivity index (χ2v) is 8.62. The molecule has 9 nitrogen and oxygen atoms in total.